The molecule has 1 aromatic carbocycles. The highest BCUT2D eigenvalue weighted by Gasteiger charge is 2.09. The lowest BCUT2D eigenvalue weighted by Crippen LogP contribution is -2.14. The molecule has 5 heteroatoms. The second kappa shape index (κ2) is 6.32. The molecule has 20 heavy (non-hydrogen) atoms. The maximum absolute atomic E-state index is 11.0. The van der Waals surface area contributed by atoms with E-state index in [4.69, 9.17) is 5.11 Å². The van der Waals surface area contributed by atoms with E-state index in [-0.39, 0.29) is 5.56 Å². The van der Waals surface area contributed by atoms with Crippen LogP contribution in [0.4, 0.5) is 5.82 Å². The molecule has 0 spiro atoms. The first-order chi connectivity index (χ1) is 9.65. The largest absolute Gasteiger partial charge is 0.478 e. The van der Waals surface area contributed by atoms with Gasteiger partial charge in [0.2, 0.25) is 0 Å². The molecule has 2 aromatic rings. The van der Waals surface area contributed by atoms with Gasteiger partial charge in [0.15, 0.2) is 0 Å². The number of benzene rings is 1. The second-order valence-electron chi connectivity index (χ2n) is 4.82. The number of hydrogen-bond donors (Lipinski definition) is 2. The van der Waals surface area contributed by atoms with E-state index < -0.39 is 5.97 Å². The number of fused-ring (bicyclic) bond motifs is 1. The van der Waals surface area contributed by atoms with Gasteiger partial charge in [-0.15, -0.1) is 0 Å². The van der Waals surface area contributed by atoms with Gasteiger partial charge in [0.1, 0.15) is 12.1 Å². The van der Waals surface area contributed by atoms with Gasteiger partial charge in [0.05, 0.1) is 11.1 Å². The zero-order valence-electron chi connectivity index (χ0n) is 11.8. The molecule has 2 N–H and O–H groups in total. The van der Waals surface area contributed by atoms with Crippen LogP contribution >= 0.6 is 0 Å². The average Bonchev–Trinajstić information content (AvgIpc) is 2.47. The van der Waals surface area contributed by atoms with Gasteiger partial charge in [-0.1, -0.05) is 26.7 Å². The van der Waals surface area contributed by atoms with E-state index >= 15 is 0 Å². The summed E-state index contributed by atoms with van der Waals surface area (Å²) in [6.07, 6.45) is 3.70. The smallest absolute Gasteiger partial charge is 0.335 e. The Morgan fingerprint density at radius 1 is 1.30 bits per heavy atom. The second-order valence-corrected chi connectivity index (χ2v) is 4.82. The summed E-state index contributed by atoms with van der Waals surface area (Å²) in [5.74, 6) is 0.425. The predicted octanol–water partition coefficient (Wildman–Crippen LogP) is 3.18. The summed E-state index contributed by atoms with van der Waals surface area (Å²) < 4.78 is 0. The number of nitrogens with zero attached hydrogens (tertiary/aromatic N) is 2. The molecular weight excluding hydrogens is 254 g/mol. The van der Waals surface area contributed by atoms with Crippen LogP contribution in [-0.4, -0.2) is 27.6 Å². The predicted molar refractivity (Wildman–Crippen MR) is 79.1 cm³/mol. The maximum atomic E-state index is 11.0. The SMILES string of the molecule is CCC(CC)CNc1ncnc2cc(C(=O)O)ccc12. The number of carboxylic acid groups (broad SMARTS) is 1. The summed E-state index contributed by atoms with van der Waals surface area (Å²) in [6, 6.07) is 4.91. The lowest BCUT2D eigenvalue weighted by atomic mass is 10.0. The molecule has 0 bridgehead atoms. The monoisotopic (exact) mass is 273 g/mol. The molecule has 0 saturated carbocycles. The lowest BCUT2D eigenvalue weighted by Gasteiger charge is -2.14. The minimum absolute atomic E-state index is 0.238. The third kappa shape index (κ3) is 3.04. The third-order valence-electron chi connectivity index (χ3n) is 3.60. The molecule has 2 rings (SSSR count). The van der Waals surface area contributed by atoms with Crippen LogP contribution in [0.1, 0.15) is 37.0 Å². The Bertz CT molecular complexity index is 609. The zero-order valence-corrected chi connectivity index (χ0v) is 11.8. The molecule has 0 aliphatic rings. The first-order valence-electron chi connectivity index (χ1n) is 6.87. The van der Waals surface area contributed by atoms with Crippen LogP contribution in [0.2, 0.25) is 0 Å². The minimum atomic E-state index is -0.947. The molecule has 0 aliphatic heterocycles. The van der Waals surface area contributed by atoms with Crippen molar-refractivity contribution in [2.24, 2.45) is 5.92 Å². The Morgan fingerprint density at radius 2 is 2.05 bits per heavy atom. The number of nitrogens with one attached hydrogen (secondary N) is 1. The molecule has 106 valence electrons. The highest BCUT2D eigenvalue weighted by Crippen LogP contribution is 2.21. The zero-order chi connectivity index (χ0) is 14.5. The van der Waals surface area contributed by atoms with E-state index in [2.05, 4.69) is 29.1 Å². The summed E-state index contributed by atoms with van der Waals surface area (Å²) in [7, 11) is 0. The van der Waals surface area contributed by atoms with Crippen molar-refractivity contribution in [2.45, 2.75) is 26.7 Å². The standard InChI is InChI=1S/C15H19N3O2/c1-3-10(4-2)8-16-14-12-6-5-11(15(19)20)7-13(12)17-9-18-14/h5-7,9-10H,3-4,8H2,1-2H3,(H,19,20)(H,16,17,18). The molecule has 0 amide bonds. The topological polar surface area (TPSA) is 75.1 Å². The van der Waals surface area contributed by atoms with Gasteiger partial charge < -0.3 is 10.4 Å². The average molecular weight is 273 g/mol. The summed E-state index contributed by atoms with van der Waals surface area (Å²) in [6.45, 7) is 5.21. The summed E-state index contributed by atoms with van der Waals surface area (Å²) in [5, 5.41) is 13.2. The van der Waals surface area contributed by atoms with Crippen LogP contribution in [0.3, 0.4) is 0 Å². The molecule has 0 unspecified atom stereocenters. The fourth-order valence-electron chi connectivity index (χ4n) is 2.15. The van der Waals surface area contributed by atoms with E-state index in [1.807, 2.05) is 0 Å². The Morgan fingerprint density at radius 3 is 2.70 bits per heavy atom. The van der Waals surface area contributed by atoms with E-state index in [1.165, 1.54) is 6.33 Å². The van der Waals surface area contributed by atoms with Gasteiger partial charge >= 0.3 is 5.97 Å². The Hall–Kier alpha value is -2.17. The van der Waals surface area contributed by atoms with Gasteiger partial charge in [0.25, 0.3) is 0 Å². The molecule has 0 radical (unpaired) electrons. The number of carboxylic acids is 1. The lowest BCUT2D eigenvalue weighted by molar-refractivity contribution is 0.0697. The van der Waals surface area contributed by atoms with Crippen molar-refractivity contribution in [3.05, 3.63) is 30.1 Å². The Labute approximate surface area is 118 Å². The Balaban J connectivity index is 2.28. The normalized spacial score (nSPS) is 10.9. The van der Waals surface area contributed by atoms with Crippen LogP contribution in [0.5, 0.6) is 0 Å². The first kappa shape index (κ1) is 14.2. The molecule has 0 saturated heterocycles. The minimum Gasteiger partial charge on any atom is -0.478 e. The summed E-state index contributed by atoms with van der Waals surface area (Å²) in [5.41, 5.74) is 0.883. The number of anilines is 1. The van der Waals surface area contributed by atoms with Gasteiger partial charge in [0, 0.05) is 11.9 Å². The fraction of sp³-hybridized carbons (Fsp3) is 0.400. The van der Waals surface area contributed by atoms with Crippen LogP contribution in [0.25, 0.3) is 10.9 Å². The van der Waals surface area contributed by atoms with Crippen molar-refractivity contribution >= 4 is 22.7 Å². The summed E-state index contributed by atoms with van der Waals surface area (Å²) >= 11 is 0. The number of aromatic carboxylic acids is 1. The van der Waals surface area contributed by atoms with Gasteiger partial charge in [-0.3, -0.25) is 0 Å². The highest BCUT2D eigenvalue weighted by molar-refractivity contribution is 5.96. The molecular formula is C15H19N3O2. The highest BCUT2D eigenvalue weighted by atomic mass is 16.4. The Kier molecular flexibility index (Phi) is 4.50. The van der Waals surface area contributed by atoms with Crippen LogP contribution in [0.15, 0.2) is 24.5 Å². The van der Waals surface area contributed by atoms with Gasteiger partial charge in [-0.25, -0.2) is 14.8 Å². The van der Waals surface area contributed by atoms with E-state index in [1.54, 1.807) is 18.2 Å². The molecule has 0 aliphatic carbocycles. The molecule has 1 heterocycles. The van der Waals surface area contributed by atoms with Gasteiger partial charge in [-0.05, 0) is 24.1 Å². The van der Waals surface area contributed by atoms with Crippen molar-refractivity contribution in [3.63, 3.8) is 0 Å². The maximum Gasteiger partial charge on any atom is 0.335 e. The van der Waals surface area contributed by atoms with Crippen molar-refractivity contribution in [2.75, 3.05) is 11.9 Å². The van der Waals surface area contributed by atoms with Crippen LogP contribution < -0.4 is 5.32 Å². The quantitative estimate of drug-likeness (QED) is 0.845. The van der Waals surface area contributed by atoms with Crippen LogP contribution in [0, 0.1) is 5.92 Å². The van der Waals surface area contributed by atoms with E-state index in [0.717, 1.165) is 30.6 Å². The van der Waals surface area contributed by atoms with Crippen molar-refractivity contribution < 1.29 is 9.90 Å². The molecule has 5 nitrogen and oxygen atoms in total. The number of hydrogen-bond acceptors (Lipinski definition) is 4. The summed E-state index contributed by atoms with van der Waals surface area (Å²) in [4.78, 5) is 19.4. The van der Waals surface area contributed by atoms with E-state index in [0.29, 0.717) is 11.4 Å². The molecule has 0 fully saturated rings. The third-order valence-corrected chi connectivity index (χ3v) is 3.60. The van der Waals surface area contributed by atoms with Gasteiger partial charge in [-0.2, -0.15) is 0 Å². The van der Waals surface area contributed by atoms with Crippen molar-refractivity contribution in [1.29, 1.82) is 0 Å². The number of carbonyl (C=O) groups is 1. The molecule has 0 atom stereocenters. The molecule has 1 aromatic heterocycles. The van der Waals surface area contributed by atoms with E-state index in [9.17, 15) is 4.79 Å². The fourth-order valence-corrected chi connectivity index (χ4v) is 2.15. The number of aromatic nitrogens is 2. The van der Waals surface area contributed by atoms with Crippen molar-refractivity contribution in [3.8, 4) is 0 Å². The first-order valence-corrected chi connectivity index (χ1v) is 6.87. The van der Waals surface area contributed by atoms with Crippen molar-refractivity contribution in [1.82, 2.24) is 9.97 Å². The van der Waals surface area contributed by atoms with Crippen LogP contribution in [-0.2, 0) is 0 Å². The number of rotatable bonds is 6.